The Labute approximate surface area is 121 Å². The van der Waals surface area contributed by atoms with Crippen molar-refractivity contribution in [3.8, 4) is 11.3 Å². The van der Waals surface area contributed by atoms with Crippen molar-refractivity contribution in [3.63, 3.8) is 0 Å². The van der Waals surface area contributed by atoms with E-state index in [1.54, 1.807) is 0 Å². The number of hydrogen-bond donors (Lipinski definition) is 1. The minimum Gasteiger partial charge on any atom is -0.367 e. The lowest BCUT2D eigenvalue weighted by Gasteiger charge is -2.31. The maximum atomic E-state index is 4.83. The zero-order valence-corrected chi connectivity index (χ0v) is 12.6. The smallest absolute Gasteiger partial charge is 0.125 e. The average Bonchev–Trinajstić information content (AvgIpc) is 2.90. The minimum absolute atomic E-state index is 0.524. The first-order valence-corrected chi connectivity index (χ1v) is 7.64. The van der Waals surface area contributed by atoms with E-state index in [-0.39, 0.29) is 0 Å². The van der Waals surface area contributed by atoms with E-state index in [4.69, 9.17) is 5.10 Å². The molecule has 1 aromatic carbocycles. The van der Waals surface area contributed by atoms with Crippen LogP contribution < -0.4 is 5.32 Å². The summed E-state index contributed by atoms with van der Waals surface area (Å²) in [6.45, 7) is 6.61. The summed E-state index contributed by atoms with van der Waals surface area (Å²) in [7, 11) is 0. The van der Waals surface area contributed by atoms with E-state index in [1.807, 2.05) is 0 Å². The number of hydrogen-bond acceptors (Lipinski definition) is 2. The molecule has 0 spiro atoms. The summed E-state index contributed by atoms with van der Waals surface area (Å²) in [6, 6.07) is 11.9. The second kappa shape index (κ2) is 5.31. The van der Waals surface area contributed by atoms with Crippen molar-refractivity contribution < 1.29 is 0 Å². The largest absolute Gasteiger partial charge is 0.367 e. The second-order valence-electron chi connectivity index (χ2n) is 5.77. The Balaban J connectivity index is 1.97. The van der Waals surface area contributed by atoms with Crippen molar-refractivity contribution >= 4 is 5.82 Å². The van der Waals surface area contributed by atoms with Crippen LogP contribution in [0.1, 0.15) is 44.7 Å². The molecule has 0 saturated carbocycles. The summed E-state index contributed by atoms with van der Waals surface area (Å²) in [6.07, 6.45) is 3.48. The molecule has 106 valence electrons. The molecule has 2 aromatic rings. The van der Waals surface area contributed by atoms with Crippen molar-refractivity contribution in [3.05, 3.63) is 35.9 Å². The Hall–Kier alpha value is -1.77. The number of anilines is 1. The summed E-state index contributed by atoms with van der Waals surface area (Å²) in [4.78, 5) is 0. The summed E-state index contributed by atoms with van der Waals surface area (Å²) in [5.74, 6) is 1.17. The lowest BCUT2D eigenvalue weighted by molar-refractivity contribution is 0.363. The molecule has 0 fully saturated rings. The molecule has 1 aliphatic rings. The molecule has 0 amide bonds. The number of benzene rings is 1. The highest BCUT2D eigenvalue weighted by Crippen LogP contribution is 2.33. The predicted molar refractivity (Wildman–Crippen MR) is 84.0 cm³/mol. The first-order valence-electron chi connectivity index (χ1n) is 7.64. The summed E-state index contributed by atoms with van der Waals surface area (Å²) in [5.41, 5.74) is 3.55. The van der Waals surface area contributed by atoms with Crippen molar-refractivity contribution in [1.82, 2.24) is 9.78 Å². The van der Waals surface area contributed by atoms with Gasteiger partial charge in [0.15, 0.2) is 0 Å². The number of nitrogens with one attached hydrogen (secondary N) is 1. The van der Waals surface area contributed by atoms with E-state index in [2.05, 4.69) is 61.1 Å². The Morgan fingerprint density at radius 3 is 2.60 bits per heavy atom. The molecular formula is C17H23N3. The fraction of sp³-hybridized carbons (Fsp3) is 0.471. The van der Waals surface area contributed by atoms with Crippen molar-refractivity contribution in [2.45, 2.75) is 52.1 Å². The Bertz CT molecular complexity index is 583. The third-order valence-corrected chi connectivity index (χ3v) is 4.30. The van der Waals surface area contributed by atoms with Gasteiger partial charge in [0.1, 0.15) is 5.82 Å². The molecule has 0 radical (unpaired) electrons. The standard InChI is InChI=1S/C17H23N3/c1-4-14-10-15(5-2)20-17(18-14)11-16(19-20)13-8-6-12(3)7-9-13/h6-9,11,14-15,18H,4-5,10H2,1-3H3. The zero-order chi connectivity index (χ0) is 14.1. The van der Waals surface area contributed by atoms with Crippen LogP contribution in [-0.4, -0.2) is 15.8 Å². The lowest BCUT2D eigenvalue weighted by Crippen LogP contribution is -2.31. The van der Waals surface area contributed by atoms with Crippen LogP contribution in [-0.2, 0) is 0 Å². The van der Waals surface area contributed by atoms with Gasteiger partial charge in [0.2, 0.25) is 0 Å². The Morgan fingerprint density at radius 1 is 1.20 bits per heavy atom. The molecule has 1 aromatic heterocycles. The highest BCUT2D eigenvalue weighted by Gasteiger charge is 2.25. The highest BCUT2D eigenvalue weighted by atomic mass is 15.4. The number of aryl methyl sites for hydroxylation is 1. The highest BCUT2D eigenvalue weighted by molar-refractivity contribution is 5.64. The third-order valence-electron chi connectivity index (χ3n) is 4.30. The number of rotatable bonds is 3. The van der Waals surface area contributed by atoms with Gasteiger partial charge in [0.25, 0.3) is 0 Å². The van der Waals surface area contributed by atoms with Crippen LogP contribution in [0.15, 0.2) is 30.3 Å². The molecule has 2 heterocycles. The molecule has 1 aliphatic heterocycles. The van der Waals surface area contributed by atoms with Gasteiger partial charge in [-0.05, 0) is 26.2 Å². The fourth-order valence-electron chi connectivity index (χ4n) is 2.95. The van der Waals surface area contributed by atoms with Crippen LogP contribution in [0.2, 0.25) is 0 Å². The van der Waals surface area contributed by atoms with E-state index >= 15 is 0 Å². The maximum Gasteiger partial charge on any atom is 0.125 e. The number of fused-ring (bicyclic) bond motifs is 1. The summed E-state index contributed by atoms with van der Waals surface area (Å²) in [5, 5.41) is 8.44. The molecular weight excluding hydrogens is 246 g/mol. The van der Waals surface area contributed by atoms with Crippen LogP contribution in [0.5, 0.6) is 0 Å². The normalized spacial score (nSPS) is 21.4. The molecule has 0 saturated heterocycles. The van der Waals surface area contributed by atoms with Gasteiger partial charge in [-0.1, -0.05) is 43.7 Å². The van der Waals surface area contributed by atoms with Gasteiger partial charge in [-0.25, -0.2) is 4.68 Å². The molecule has 3 heteroatoms. The van der Waals surface area contributed by atoms with E-state index in [1.165, 1.54) is 29.8 Å². The van der Waals surface area contributed by atoms with Gasteiger partial charge >= 0.3 is 0 Å². The minimum atomic E-state index is 0.524. The first kappa shape index (κ1) is 13.2. The Morgan fingerprint density at radius 2 is 1.95 bits per heavy atom. The maximum absolute atomic E-state index is 4.83. The van der Waals surface area contributed by atoms with Gasteiger partial charge < -0.3 is 5.32 Å². The zero-order valence-electron chi connectivity index (χ0n) is 12.6. The molecule has 3 nitrogen and oxygen atoms in total. The molecule has 0 aliphatic carbocycles. The Kier molecular flexibility index (Phi) is 3.51. The monoisotopic (exact) mass is 269 g/mol. The van der Waals surface area contributed by atoms with E-state index < -0.39 is 0 Å². The number of nitrogens with zero attached hydrogens (tertiary/aromatic N) is 2. The molecule has 0 bridgehead atoms. The SMILES string of the molecule is CCC1CC(CC)n2nc(-c3ccc(C)cc3)cc2N1. The van der Waals surface area contributed by atoms with E-state index in [9.17, 15) is 0 Å². The topological polar surface area (TPSA) is 29.9 Å². The van der Waals surface area contributed by atoms with Crippen LogP contribution in [0.4, 0.5) is 5.82 Å². The lowest BCUT2D eigenvalue weighted by atomic mass is 10.0. The quantitative estimate of drug-likeness (QED) is 0.894. The van der Waals surface area contributed by atoms with Crippen LogP contribution in [0.3, 0.4) is 0 Å². The molecule has 1 N–H and O–H groups in total. The summed E-state index contributed by atoms with van der Waals surface area (Å²) < 4.78 is 2.18. The molecule has 2 unspecified atom stereocenters. The van der Waals surface area contributed by atoms with Gasteiger partial charge in [-0.15, -0.1) is 0 Å². The van der Waals surface area contributed by atoms with E-state index in [0.717, 1.165) is 12.1 Å². The first-order chi connectivity index (χ1) is 9.71. The fourth-order valence-corrected chi connectivity index (χ4v) is 2.95. The van der Waals surface area contributed by atoms with Crippen LogP contribution >= 0.6 is 0 Å². The average molecular weight is 269 g/mol. The molecule has 3 rings (SSSR count). The van der Waals surface area contributed by atoms with Gasteiger partial charge in [-0.2, -0.15) is 5.10 Å². The van der Waals surface area contributed by atoms with Gasteiger partial charge in [0, 0.05) is 17.7 Å². The second-order valence-corrected chi connectivity index (χ2v) is 5.77. The van der Waals surface area contributed by atoms with Crippen molar-refractivity contribution in [1.29, 1.82) is 0 Å². The molecule has 20 heavy (non-hydrogen) atoms. The predicted octanol–water partition coefficient (Wildman–Crippen LogP) is 4.40. The van der Waals surface area contributed by atoms with E-state index in [0.29, 0.717) is 12.1 Å². The van der Waals surface area contributed by atoms with Crippen molar-refractivity contribution in [2.75, 3.05) is 5.32 Å². The van der Waals surface area contributed by atoms with Crippen molar-refractivity contribution in [2.24, 2.45) is 0 Å². The molecule has 2 atom stereocenters. The van der Waals surface area contributed by atoms with Gasteiger partial charge in [0.05, 0.1) is 11.7 Å². The van der Waals surface area contributed by atoms with Crippen LogP contribution in [0, 0.1) is 6.92 Å². The third kappa shape index (κ3) is 2.33. The number of aromatic nitrogens is 2. The van der Waals surface area contributed by atoms with Crippen LogP contribution in [0.25, 0.3) is 11.3 Å². The van der Waals surface area contributed by atoms with Gasteiger partial charge in [-0.3, -0.25) is 0 Å². The summed E-state index contributed by atoms with van der Waals surface area (Å²) >= 11 is 0.